The Labute approximate surface area is 194 Å². The van der Waals surface area contributed by atoms with Crippen LogP contribution in [0.2, 0.25) is 0 Å². The summed E-state index contributed by atoms with van der Waals surface area (Å²) in [7, 11) is 3.59. The van der Waals surface area contributed by atoms with Gasteiger partial charge in [0.05, 0.1) is 19.8 Å². The largest absolute Gasteiger partial charge is 0.382 e. The molecule has 0 amide bonds. The molecule has 0 spiro atoms. The zero-order valence-corrected chi connectivity index (χ0v) is 20.9. The van der Waals surface area contributed by atoms with E-state index in [0.717, 1.165) is 43.1 Å². The van der Waals surface area contributed by atoms with Crippen LogP contribution in [-0.4, -0.2) is 64.5 Å². The quantitative estimate of drug-likeness (QED) is 0.224. The SMILES string of the molecule is CN=C(NCC1(c2ccc(Br)cc2)CCC1)N1CCC(COCCOC)C1.I. The number of benzene rings is 1. The molecule has 28 heavy (non-hydrogen) atoms. The Morgan fingerprint density at radius 1 is 1.29 bits per heavy atom. The van der Waals surface area contributed by atoms with Crippen molar-refractivity contribution >= 4 is 45.9 Å². The number of hydrogen-bond donors (Lipinski definition) is 1. The molecule has 5 nitrogen and oxygen atoms in total. The first kappa shape index (κ1) is 23.9. The minimum absolute atomic E-state index is 0. The Balaban J connectivity index is 0.00000280. The molecular formula is C21H33BrIN3O2. The van der Waals surface area contributed by atoms with E-state index in [2.05, 4.69) is 55.4 Å². The molecule has 2 aliphatic rings. The number of hydrogen-bond acceptors (Lipinski definition) is 3. The minimum Gasteiger partial charge on any atom is -0.382 e. The molecular weight excluding hydrogens is 533 g/mol. The van der Waals surface area contributed by atoms with Crippen LogP contribution in [0.4, 0.5) is 0 Å². The summed E-state index contributed by atoms with van der Waals surface area (Å²) in [5.41, 5.74) is 1.68. The van der Waals surface area contributed by atoms with Gasteiger partial charge in [0.1, 0.15) is 0 Å². The molecule has 1 heterocycles. The summed E-state index contributed by atoms with van der Waals surface area (Å²) in [5, 5.41) is 3.67. The van der Waals surface area contributed by atoms with Gasteiger partial charge in [-0.3, -0.25) is 4.99 Å². The summed E-state index contributed by atoms with van der Waals surface area (Å²) in [5.74, 6) is 1.60. The molecule has 2 fully saturated rings. The fourth-order valence-corrected chi connectivity index (χ4v) is 4.37. The van der Waals surface area contributed by atoms with Crippen molar-refractivity contribution in [2.75, 3.05) is 53.6 Å². The maximum Gasteiger partial charge on any atom is 0.193 e. The molecule has 0 aromatic heterocycles. The van der Waals surface area contributed by atoms with Crippen molar-refractivity contribution in [3.63, 3.8) is 0 Å². The highest BCUT2D eigenvalue weighted by Gasteiger charge is 2.39. The third kappa shape index (κ3) is 6.06. The Hall–Kier alpha value is -0.380. The molecule has 1 aromatic carbocycles. The average Bonchev–Trinajstić information content (AvgIpc) is 3.11. The minimum atomic E-state index is 0. The maximum absolute atomic E-state index is 5.71. The van der Waals surface area contributed by atoms with Gasteiger partial charge in [0, 0.05) is 49.6 Å². The van der Waals surface area contributed by atoms with E-state index in [9.17, 15) is 0 Å². The van der Waals surface area contributed by atoms with Gasteiger partial charge in [0.2, 0.25) is 0 Å². The van der Waals surface area contributed by atoms with Crippen LogP contribution in [0, 0.1) is 5.92 Å². The summed E-state index contributed by atoms with van der Waals surface area (Å²) in [4.78, 5) is 6.92. The van der Waals surface area contributed by atoms with Gasteiger partial charge in [0.25, 0.3) is 0 Å². The molecule has 1 saturated heterocycles. The molecule has 158 valence electrons. The summed E-state index contributed by atoms with van der Waals surface area (Å²) in [6.07, 6.45) is 4.95. The van der Waals surface area contributed by atoms with E-state index in [1.165, 1.54) is 24.8 Å². The van der Waals surface area contributed by atoms with E-state index >= 15 is 0 Å². The Bertz CT molecular complexity index is 623. The molecule has 0 bridgehead atoms. The second-order valence-corrected chi connectivity index (χ2v) is 8.63. The third-order valence-corrected chi connectivity index (χ3v) is 6.46. The number of nitrogens with zero attached hydrogens (tertiary/aromatic N) is 2. The van der Waals surface area contributed by atoms with Gasteiger partial charge < -0.3 is 19.7 Å². The Kier molecular flexibility index (Phi) is 10.00. The zero-order chi connectivity index (χ0) is 19.1. The molecule has 1 N–H and O–H groups in total. The van der Waals surface area contributed by atoms with Crippen LogP contribution in [0.1, 0.15) is 31.2 Å². The molecule has 1 aromatic rings. The van der Waals surface area contributed by atoms with E-state index in [1.54, 1.807) is 7.11 Å². The van der Waals surface area contributed by atoms with Crippen LogP contribution in [0.5, 0.6) is 0 Å². The van der Waals surface area contributed by atoms with Crippen molar-refractivity contribution < 1.29 is 9.47 Å². The zero-order valence-electron chi connectivity index (χ0n) is 17.0. The normalized spacial score (nSPS) is 21.2. The fraction of sp³-hybridized carbons (Fsp3) is 0.667. The van der Waals surface area contributed by atoms with Crippen LogP contribution in [-0.2, 0) is 14.9 Å². The van der Waals surface area contributed by atoms with Crippen molar-refractivity contribution in [1.82, 2.24) is 10.2 Å². The molecule has 1 aliphatic heterocycles. The monoisotopic (exact) mass is 565 g/mol. The number of halogens is 2. The van der Waals surface area contributed by atoms with Gasteiger partial charge in [-0.05, 0) is 37.0 Å². The van der Waals surface area contributed by atoms with Crippen LogP contribution in [0.3, 0.4) is 0 Å². The number of methoxy groups -OCH3 is 1. The number of ether oxygens (including phenoxy) is 2. The lowest BCUT2D eigenvalue weighted by Gasteiger charge is -2.43. The average molecular weight is 566 g/mol. The molecule has 0 radical (unpaired) electrons. The van der Waals surface area contributed by atoms with Gasteiger partial charge in [-0.1, -0.05) is 34.5 Å². The van der Waals surface area contributed by atoms with Crippen LogP contribution >= 0.6 is 39.9 Å². The van der Waals surface area contributed by atoms with Crippen molar-refractivity contribution in [2.24, 2.45) is 10.9 Å². The number of aliphatic imine (C=N–C) groups is 1. The summed E-state index contributed by atoms with van der Waals surface area (Å²) < 4.78 is 11.9. The van der Waals surface area contributed by atoms with Gasteiger partial charge in [-0.15, -0.1) is 24.0 Å². The summed E-state index contributed by atoms with van der Waals surface area (Å²) >= 11 is 3.54. The van der Waals surface area contributed by atoms with Gasteiger partial charge in [-0.2, -0.15) is 0 Å². The summed E-state index contributed by atoms with van der Waals surface area (Å²) in [6, 6.07) is 8.82. The van der Waals surface area contributed by atoms with Gasteiger partial charge in [-0.25, -0.2) is 0 Å². The highest BCUT2D eigenvalue weighted by molar-refractivity contribution is 14.0. The van der Waals surface area contributed by atoms with E-state index in [4.69, 9.17) is 9.47 Å². The first-order chi connectivity index (χ1) is 13.2. The maximum atomic E-state index is 5.71. The molecule has 1 saturated carbocycles. The Morgan fingerprint density at radius 3 is 2.64 bits per heavy atom. The second-order valence-electron chi connectivity index (χ2n) is 7.71. The number of guanidine groups is 1. The second kappa shape index (κ2) is 11.7. The lowest BCUT2D eigenvalue weighted by molar-refractivity contribution is 0.0536. The summed E-state index contributed by atoms with van der Waals surface area (Å²) in [6.45, 7) is 5.15. The Morgan fingerprint density at radius 2 is 2.04 bits per heavy atom. The van der Waals surface area contributed by atoms with Crippen LogP contribution < -0.4 is 5.32 Å². The standard InChI is InChI=1S/C21H32BrN3O2.HI/c1-23-20(25-11-8-17(14-25)15-27-13-12-26-2)24-16-21(9-3-10-21)18-4-6-19(22)7-5-18;/h4-7,17H,3,8-16H2,1-2H3,(H,23,24);1H. The van der Waals surface area contributed by atoms with Gasteiger partial charge >= 0.3 is 0 Å². The topological polar surface area (TPSA) is 46.1 Å². The molecule has 1 unspecified atom stereocenters. The highest BCUT2D eigenvalue weighted by Crippen LogP contribution is 2.43. The van der Waals surface area contributed by atoms with E-state index in [0.29, 0.717) is 19.1 Å². The lowest BCUT2D eigenvalue weighted by Crippen LogP contribution is -2.49. The molecule has 1 atom stereocenters. The molecule has 7 heteroatoms. The van der Waals surface area contributed by atoms with E-state index in [-0.39, 0.29) is 29.4 Å². The molecule has 3 rings (SSSR count). The van der Waals surface area contributed by atoms with Gasteiger partial charge in [0.15, 0.2) is 5.96 Å². The first-order valence-electron chi connectivity index (χ1n) is 9.95. The predicted octanol–water partition coefficient (Wildman–Crippen LogP) is 4.05. The number of nitrogens with one attached hydrogen (secondary N) is 1. The smallest absolute Gasteiger partial charge is 0.193 e. The van der Waals surface area contributed by atoms with Crippen molar-refractivity contribution in [2.45, 2.75) is 31.1 Å². The first-order valence-corrected chi connectivity index (χ1v) is 10.7. The van der Waals surface area contributed by atoms with E-state index in [1.807, 2.05) is 7.05 Å². The number of rotatable bonds is 8. The highest BCUT2D eigenvalue weighted by atomic mass is 127. The predicted molar refractivity (Wildman–Crippen MR) is 129 cm³/mol. The third-order valence-electron chi connectivity index (χ3n) is 5.93. The number of likely N-dealkylation sites (tertiary alicyclic amines) is 1. The van der Waals surface area contributed by atoms with Crippen LogP contribution in [0.25, 0.3) is 0 Å². The molecule has 1 aliphatic carbocycles. The van der Waals surface area contributed by atoms with Crippen LogP contribution in [0.15, 0.2) is 33.7 Å². The van der Waals surface area contributed by atoms with Crippen molar-refractivity contribution in [3.05, 3.63) is 34.3 Å². The lowest BCUT2D eigenvalue weighted by atomic mass is 9.64. The van der Waals surface area contributed by atoms with Crippen molar-refractivity contribution in [1.29, 1.82) is 0 Å². The fourth-order valence-electron chi connectivity index (χ4n) is 4.11. The van der Waals surface area contributed by atoms with E-state index < -0.39 is 0 Å². The van der Waals surface area contributed by atoms with Crippen molar-refractivity contribution in [3.8, 4) is 0 Å².